The Morgan fingerprint density at radius 1 is 0.479 bits per heavy atom. The molecule has 1 heterocycles. The van der Waals surface area contributed by atoms with E-state index >= 15 is 0 Å². The number of rotatable bonds is 53. The first-order chi connectivity index (χ1) is 34.7. The third-order valence-corrected chi connectivity index (χ3v) is 15.1. The monoisotopic (exact) mass is 1010 g/mol. The standard InChI is InChI=1S/C60H117NO10/c1-3-5-7-9-11-13-15-17-19-21-23-24-25-26-27-28-30-31-33-35-37-39-41-43-45-47-52(63)55(65)51(50-70-60-58(68)57(67)56(66)54(49-62)71-60)61-59(69)53(64)48-46-44-42-40-38-36-34-32-29-22-20-18-16-14-12-10-8-6-4-2/h39,41,51-58,60,62-68H,3-38,40,42-50H2,1-2H3,(H,61,69)/b41-39+. The van der Waals surface area contributed by atoms with Crippen LogP contribution in [0.5, 0.6) is 0 Å². The van der Waals surface area contributed by atoms with Crippen molar-refractivity contribution in [3.8, 4) is 0 Å². The van der Waals surface area contributed by atoms with E-state index in [9.17, 15) is 40.5 Å². The summed E-state index contributed by atoms with van der Waals surface area (Å²) in [5, 5.41) is 76.2. The highest BCUT2D eigenvalue weighted by molar-refractivity contribution is 5.80. The molecule has 0 bridgehead atoms. The van der Waals surface area contributed by atoms with Crippen LogP contribution in [-0.4, -0.2) is 110 Å². The van der Waals surface area contributed by atoms with Crippen molar-refractivity contribution in [2.24, 2.45) is 0 Å². The van der Waals surface area contributed by atoms with Gasteiger partial charge in [0.1, 0.15) is 36.6 Å². The van der Waals surface area contributed by atoms with Gasteiger partial charge in [-0.1, -0.05) is 270 Å². The number of amides is 1. The number of allylic oxidation sites excluding steroid dienone is 2. The number of aliphatic hydroxyl groups is 7. The molecular formula is C60H117NO10. The maximum Gasteiger partial charge on any atom is 0.249 e. The molecule has 1 rings (SSSR count). The van der Waals surface area contributed by atoms with Gasteiger partial charge in [-0.05, 0) is 38.5 Å². The molecule has 0 saturated carbocycles. The molecule has 0 aromatic heterocycles. The van der Waals surface area contributed by atoms with Gasteiger partial charge in [-0.25, -0.2) is 0 Å². The van der Waals surface area contributed by atoms with Crippen molar-refractivity contribution in [2.75, 3.05) is 13.2 Å². The Hall–Kier alpha value is -1.15. The number of hydrogen-bond acceptors (Lipinski definition) is 10. The van der Waals surface area contributed by atoms with E-state index in [1.54, 1.807) is 0 Å². The minimum absolute atomic E-state index is 0.259. The average molecular weight is 1010 g/mol. The molecule has 9 unspecified atom stereocenters. The SMILES string of the molecule is CCCCCCCCCCCCCCCCCCCCCC/C=C/CCCC(O)C(O)C(COC1OC(CO)C(O)C(O)C1O)NC(=O)C(O)CCCCCCCCCCCCCCCCCCCCC. The summed E-state index contributed by atoms with van der Waals surface area (Å²) in [5.74, 6) is -0.700. The summed E-state index contributed by atoms with van der Waals surface area (Å²) in [6.07, 6.45) is 47.0. The van der Waals surface area contributed by atoms with Gasteiger partial charge in [-0.15, -0.1) is 0 Å². The van der Waals surface area contributed by atoms with Crippen LogP contribution in [-0.2, 0) is 14.3 Å². The van der Waals surface area contributed by atoms with Crippen molar-refractivity contribution in [3.05, 3.63) is 12.2 Å². The van der Waals surface area contributed by atoms with Crippen LogP contribution in [0.3, 0.4) is 0 Å². The maximum absolute atomic E-state index is 13.2. The van der Waals surface area contributed by atoms with Crippen LogP contribution in [0.2, 0.25) is 0 Å². The third-order valence-electron chi connectivity index (χ3n) is 15.1. The molecular weight excluding hydrogens is 895 g/mol. The number of carbonyl (C=O) groups excluding carboxylic acids is 1. The summed E-state index contributed by atoms with van der Waals surface area (Å²) in [7, 11) is 0. The molecule has 0 aliphatic carbocycles. The second-order valence-electron chi connectivity index (χ2n) is 21.8. The van der Waals surface area contributed by atoms with Gasteiger partial charge in [0.25, 0.3) is 0 Å². The van der Waals surface area contributed by atoms with Crippen molar-refractivity contribution < 1.29 is 50.0 Å². The van der Waals surface area contributed by atoms with Gasteiger partial charge in [0.05, 0.1) is 25.4 Å². The highest BCUT2D eigenvalue weighted by Crippen LogP contribution is 2.24. The number of ether oxygens (including phenoxy) is 2. The summed E-state index contributed by atoms with van der Waals surface area (Å²) >= 11 is 0. The van der Waals surface area contributed by atoms with Crippen molar-refractivity contribution in [1.29, 1.82) is 0 Å². The van der Waals surface area contributed by atoms with Crippen molar-refractivity contribution >= 4 is 5.91 Å². The molecule has 1 fully saturated rings. The van der Waals surface area contributed by atoms with E-state index in [1.165, 1.54) is 218 Å². The second kappa shape index (κ2) is 49.7. The van der Waals surface area contributed by atoms with Crippen LogP contribution in [0.4, 0.5) is 0 Å². The zero-order chi connectivity index (χ0) is 51.8. The van der Waals surface area contributed by atoms with Gasteiger partial charge in [0.2, 0.25) is 5.91 Å². The average Bonchev–Trinajstić information content (AvgIpc) is 3.37. The molecule has 0 radical (unpaired) electrons. The maximum atomic E-state index is 13.2. The summed E-state index contributed by atoms with van der Waals surface area (Å²) in [5.41, 5.74) is 0. The number of aliphatic hydroxyl groups excluding tert-OH is 7. The number of carbonyl (C=O) groups is 1. The van der Waals surface area contributed by atoms with Crippen molar-refractivity contribution in [1.82, 2.24) is 5.32 Å². The van der Waals surface area contributed by atoms with Crippen LogP contribution >= 0.6 is 0 Å². The van der Waals surface area contributed by atoms with Gasteiger partial charge in [0.15, 0.2) is 6.29 Å². The lowest BCUT2D eigenvalue weighted by Gasteiger charge is -2.40. The topological polar surface area (TPSA) is 189 Å². The first-order valence-electron chi connectivity index (χ1n) is 30.6. The van der Waals surface area contributed by atoms with E-state index in [0.717, 1.165) is 38.5 Å². The van der Waals surface area contributed by atoms with E-state index in [1.807, 2.05) is 0 Å². The lowest BCUT2D eigenvalue weighted by Crippen LogP contribution is -2.60. The van der Waals surface area contributed by atoms with Gasteiger partial charge >= 0.3 is 0 Å². The Balaban J connectivity index is 2.29. The summed E-state index contributed by atoms with van der Waals surface area (Å²) in [6, 6.07) is -1.18. The minimum atomic E-state index is -1.67. The molecule has 1 saturated heterocycles. The molecule has 1 aliphatic rings. The summed E-state index contributed by atoms with van der Waals surface area (Å²) in [6.45, 7) is 3.49. The number of nitrogens with one attached hydrogen (secondary N) is 1. The third kappa shape index (κ3) is 38.1. The normalized spacial score (nSPS) is 20.2. The van der Waals surface area contributed by atoms with Crippen LogP contribution in [0.25, 0.3) is 0 Å². The first-order valence-corrected chi connectivity index (χ1v) is 30.6. The molecule has 11 nitrogen and oxygen atoms in total. The van der Waals surface area contributed by atoms with Crippen LogP contribution in [0, 0.1) is 0 Å². The van der Waals surface area contributed by atoms with E-state index in [-0.39, 0.29) is 12.8 Å². The smallest absolute Gasteiger partial charge is 0.249 e. The van der Waals surface area contributed by atoms with Gasteiger partial charge in [-0.2, -0.15) is 0 Å². The second-order valence-corrected chi connectivity index (χ2v) is 21.8. The van der Waals surface area contributed by atoms with Gasteiger partial charge in [-0.3, -0.25) is 4.79 Å². The summed E-state index contributed by atoms with van der Waals surface area (Å²) < 4.78 is 11.1. The van der Waals surface area contributed by atoms with Crippen LogP contribution < -0.4 is 5.32 Å². The Kier molecular flexibility index (Phi) is 47.5. The molecule has 71 heavy (non-hydrogen) atoms. The molecule has 0 aromatic rings. The Morgan fingerprint density at radius 3 is 1.21 bits per heavy atom. The van der Waals surface area contributed by atoms with Crippen LogP contribution in [0.1, 0.15) is 296 Å². The molecule has 1 amide bonds. The molecule has 0 aromatic carbocycles. The Bertz CT molecular complexity index is 1160. The fourth-order valence-corrected chi connectivity index (χ4v) is 10.1. The van der Waals surface area contributed by atoms with Crippen molar-refractivity contribution in [2.45, 2.75) is 351 Å². The first kappa shape index (κ1) is 67.9. The van der Waals surface area contributed by atoms with E-state index in [4.69, 9.17) is 9.47 Å². The molecule has 1 aliphatic heterocycles. The fraction of sp³-hybridized carbons (Fsp3) is 0.950. The Morgan fingerprint density at radius 2 is 0.831 bits per heavy atom. The highest BCUT2D eigenvalue weighted by Gasteiger charge is 2.44. The van der Waals surface area contributed by atoms with Crippen LogP contribution in [0.15, 0.2) is 12.2 Å². The quantitative estimate of drug-likeness (QED) is 0.0215. The van der Waals surface area contributed by atoms with E-state index in [0.29, 0.717) is 12.8 Å². The van der Waals surface area contributed by atoms with Gasteiger partial charge in [0, 0.05) is 0 Å². The Labute approximate surface area is 436 Å². The van der Waals surface area contributed by atoms with E-state index < -0.39 is 74.2 Å². The minimum Gasteiger partial charge on any atom is -0.394 e. The number of hydrogen-bond donors (Lipinski definition) is 8. The predicted octanol–water partition coefficient (Wildman–Crippen LogP) is 13.1. The van der Waals surface area contributed by atoms with Crippen molar-refractivity contribution in [3.63, 3.8) is 0 Å². The molecule has 422 valence electrons. The zero-order valence-electron chi connectivity index (χ0n) is 46.2. The molecule has 0 spiro atoms. The molecule has 11 heteroatoms. The zero-order valence-corrected chi connectivity index (χ0v) is 46.2. The lowest BCUT2D eigenvalue weighted by molar-refractivity contribution is -0.303. The fourth-order valence-electron chi connectivity index (χ4n) is 10.1. The summed E-state index contributed by atoms with van der Waals surface area (Å²) in [4.78, 5) is 13.2. The van der Waals surface area contributed by atoms with Gasteiger partial charge < -0.3 is 50.5 Å². The number of unbranched alkanes of at least 4 members (excludes halogenated alkanes) is 39. The largest absolute Gasteiger partial charge is 0.394 e. The molecule has 8 N–H and O–H groups in total. The highest BCUT2D eigenvalue weighted by atomic mass is 16.7. The van der Waals surface area contributed by atoms with E-state index in [2.05, 4.69) is 31.3 Å². The molecule has 9 atom stereocenters. The lowest BCUT2D eigenvalue weighted by atomic mass is 9.98. The predicted molar refractivity (Wildman–Crippen MR) is 293 cm³/mol.